The van der Waals surface area contributed by atoms with Crippen LogP contribution in [0.25, 0.3) is 0 Å². The molecule has 5 atom stereocenters. The van der Waals surface area contributed by atoms with Gasteiger partial charge in [-0.15, -0.1) is 0 Å². The smallest absolute Gasteiger partial charge is 0.190 e. The van der Waals surface area contributed by atoms with Gasteiger partial charge in [-0.2, -0.15) is 0 Å². The lowest BCUT2D eigenvalue weighted by Crippen LogP contribution is -2.38. The molecule has 0 aromatic heterocycles. The molecule has 0 aromatic carbocycles. The van der Waals surface area contributed by atoms with E-state index < -0.39 is 18.2 Å². The van der Waals surface area contributed by atoms with Gasteiger partial charge in [0.1, 0.15) is 12.2 Å². The highest BCUT2D eigenvalue weighted by Crippen LogP contribution is 2.39. The van der Waals surface area contributed by atoms with Crippen molar-refractivity contribution in [1.29, 1.82) is 0 Å². The van der Waals surface area contributed by atoms with E-state index in [1.165, 1.54) is 0 Å². The summed E-state index contributed by atoms with van der Waals surface area (Å²) in [6, 6.07) is 0. The molecule has 6 heteroatoms. The van der Waals surface area contributed by atoms with Crippen LogP contribution in [0.2, 0.25) is 0 Å². The second-order valence-corrected chi connectivity index (χ2v) is 4.92. The standard InChI is InChI=1S/C11H20O6/c1-11(2)16-9-8(14-3)7(4-6(13)5-12)15-10(9)17-11/h6-10,12-13H,4-5H2,1-3H3/t6-,7?,8-,9+,10+/m0/s1. The van der Waals surface area contributed by atoms with Crippen LogP contribution < -0.4 is 0 Å². The van der Waals surface area contributed by atoms with Gasteiger partial charge in [0.05, 0.1) is 18.8 Å². The Kier molecular flexibility index (Phi) is 3.72. The van der Waals surface area contributed by atoms with Crippen LogP contribution in [-0.4, -0.2) is 60.4 Å². The average molecular weight is 248 g/mol. The molecule has 2 aliphatic rings. The molecule has 0 amide bonds. The summed E-state index contributed by atoms with van der Waals surface area (Å²) in [6.45, 7) is 3.34. The molecule has 0 aliphatic carbocycles. The van der Waals surface area contributed by atoms with E-state index in [-0.39, 0.29) is 24.9 Å². The zero-order valence-corrected chi connectivity index (χ0v) is 10.3. The molecule has 2 rings (SSSR count). The van der Waals surface area contributed by atoms with Gasteiger partial charge in [0.25, 0.3) is 0 Å². The van der Waals surface area contributed by atoms with Crippen LogP contribution in [0.3, 0.4) is 0 Å². The van der Waals surface area contributed by atoms with Crippen molar-refractivity contribution in [3.05, 3.63) is 0 Å². The maximum absolute atomic E-state index is 9.43. The van der Waals surface area contributed by atoms with E-state index in [1.807, 2.05) is 13.8 Å². The van der Waals surface area contributed by atoms with E-state index in [0.717, 1.165) is 0 Å². The summed E-state index contributed by atoms with van der Waals surface area (Å²) >= 11 is 0. The van der Waals surface area contributed by atoms with Gasteiger partial charge in [-0.1, -0.05) is 0 Å². The number of aliphatic hydroxyl groups excluding tert-OH is 2. The first kappa shape index (κ1) is 13.2. The highest BCUT2D eigenvalue weighted by atomic mass is 16.8. The van der Waals surface area contributed by atoms with Gasteiger partial charge in [-0.25, -0.2) is 0 Å². The molecule has 0 aromatic rings. The van der Waals surface area contributed by atoms with Gasteiger partial charge in [0.15, 0.2) is 12.1 Å². The van der Waals surface area contributed by atoms with E-state index in [9.17, 15) is 5.11 Å². The fraction of sp³-hybridized carbons (Fsp3) is 1.00. The number of fused-ring (bicyclic) bond motifs is 1. The van der Waals surface area contributed by atoms with Gasteiger partial charge in [0, 0.05) is 13.5 Å². The van der Waals surface area contributed by atoms with E-state index in [2.05, 4.69) is 0 Å². The first-order valence-electron chi connectivity index (χ1n) is 5.79. The molecule has 2 heterocycles. The molecule has 2 saturated heterocycles. The molecular formula is C11H20O6. The molecule has 0 bridgehead atoms. The first-order chi connectivity index (χ1) is 7.96. The van der Waals surface area contributed by atoms with E-state index in [0.29, 0.717) is 6.42 Å². The Bertz CT molecular complexity index is 269. The molecule has 2 fully saturated rings. The molecule has 6 nitrogen and oxygen atoms in total. The van der Waals surface area contributed by atoms with Gasteiger partial charge in [0.2, 0.25) is 0 Å². The summed E-state index contributed by atoms with van der Waals surface area (Å²) in [7, 11) is 1.57. The van der Waals surface area contributed by atoms with Crippen molar-refractivity contribution in [3.63, 3.8) is 0 Å². The summed E-state index contributed by atoms with van der Waals surface area (Å²) in [5.74, 6) is -0.674. The third-order valence-electron chi connectivity index (χ3n) is 3.07. The SMILES string of the molecule is CO[C@H]1C(C[C@H](O)CO)O[C@@H]2OC(C)(C)O[C@@H]21. The number of methoxy groups -OCH3 is 1. The van der Waals surface area contributed by atoms with Crippen LogP contribution in [0.4, 0.5) is 0 Å². The molecule has 1 unspecified atom stereocenters. The lowest BCUT2D eigenvalue weighted by atomic mass is 10.0. The number of rotatable bonds is 4. The maximum atomic E-state index is 9.43. The van der Waals surface area contributed by atoms with Crippen molar-refractivity contribution in [3.8, 4) is 0 Å². The Morgan fingerprint density at radius 1 is 1.35 bits per heavy atom. The molecule has 2 aliphatic heterocycles. The topological polar surface area (TPSA) is 77.4 Å². The lowest BCUT2D eigenvalue weighted by Gasteiger charge is -2.25. The van der Waals surface area contributed by atoms with Crippen molar-refractivity contribution in [2.75, 3.05) is 13.7 Å². The number of hydrogen-bond donors (Lipinski definition) is 2. The molecular weight excluding hydrogens is 228 g/mol. The summed E-state index contributed by atoms with van der Waals surface area (Å²) in [5.41, 5.74) is 0. The Morgan fingerprint density at radius 2 is 2.06 bits per heavy atom. The molecule has 0 radical (unpaired) electrons. The van der Waals surface area contributed by atoms with Crippen LogP contribution in [0.5, 0.6) is 0 Å². The Morgan fingerprint density at radius 3 is 2.65 bits per heavy atom. The third kappa shape index (κ3) is 2.62. The van der Waals surface area contributed by atoms with Crippen molar-refractivity contribution in [2.24, 2.45) is 0 Å². The minimum Gasteiger partial charge on any atom is -0.394 e. The Balaban J connectivity index is 2.00. The van der Waals surface area contributed by atoms with E-state index in [4.69, 9.17) is 24.1 Å². The highest BCUT2D eigenvalue weighted by molar-refractivity contribution is 4.94. The number of aliphatic hydroxyl groups is 2. The van der Waals surface area contributed by atoms with Gasteiger partial charge in [-0.3, -0.25) is 0 Å². The van der Waals surface area contributed by atoms with E-state index in [1.54, 1.807) is 7.11 Å². The fourth-order valence-electron chi connectivity index (χ4n) is 2.36. The van der Waals surface area contributed by atoms with Crippen LogP contribution in [0.15, 0.2) is 0 Å². The quantitative estimate of drug-likeness (QED) is 0.706. The maximum Gasteiger partial charge on any atom is 0.190 e. The summed E-state index contributed by atoms with van der Waals surface area (Å²) in [6.07, 6.45) is -1.88. The van der Waals surface area contributed by atoms with E-state index >= 15 is 0 Å². The zero-order chi connectivity index (χ0) is 12.6. The van der Waals surface area contributed by atoms with Crippen molar-refractivity contribution in [1.82, 2.24) is 0 Å². The van der Waals surface area contributed by atoms with Crippen LogP contribution >= 0.6 is 0 Å². The second kappa shape index (κ2) is 4.79. The van der Waals surface area contributed by atoms with Crippen molar-refractivity contribution < 1.29 is 29.2 Å². The Labute approximate surface area is 100 Å². The fourth-order valence-corrected chi connectivity index (χ4v) is 2.36. The second-order valence-electron chi connectivity index (χ2n) is 4.92. The molecule has 100 valence electrons. The van der Waals surface area contributed by atoms with Crippen molar-refractivity contribution >= 4 is 0 Å². The monoisotopic (exact) mass is 248 g/mol. The number of ether oxygens (including phenoxy) is 4. The third-order valence-corrected chi connectivity index (χ3v) is 3.07. The van der Waals surface area contributed by atoms with Crippen LogP contribution in [0.1, 0.15) is 20.3 Å². The minimum absolute atomic E-state index is 0.286. The molecule has 0 saturated carbocycles. The van der Waals surface area contributed by atoms with Crippen molar-refractivity contribution in [2.45, 2.75) is 56.8 Å². The minimum atomic E-state index is -0.815. The number of hydrogen-bond acceptors (Lipinski definition) is 6. The van der Waals surface area contributed by atoms with Gasteiger partial charge in [-0.05, 0) is 13.8 Å². The summed E-state index contributed by atoms with van der Waals surface area (Å²) in [5, 5.41) is 18.3. The first-order valence-corrected chi connectivity index (χ1v) is 5.79. The van der Waals surface area contributed by atoms with Crippen LogP contribution in [0, 0.1) is 0 Å². The molecule has 17 heavy (non-hydrogen) atoms. The largest absolute Gasteiger partial charge is 0.394 e. The zero-order valence-electron chi connectivity index (χ0n) is 10.3. The van der Waals surface area contributed by atoms with Gasteiger partial charge >= 0.3 is 0 Å². The Hall–Kier alpha value is -0.240. The molecule has 2 N–H and O–H groups in total. The van der Waals surface area contributed by atoms with Gasteiger partial charge < -0.3 is 29.2 Å². The summed E-state index contributed by atoms with van der Waals surface area (Å²) in [4.78, 5) is 0. The molecule has 0 spiro atoms. The highest BCUT2D eigenvalue weighted by Gasteiger charge is 2.55. The predicted molar refractivity (Wildman–Crippen MR) is 57.2 cm³/mol. The predicted octanol–water partition coefficient (Wildman–Crippen LogP) is -0.379. The summed E-state index contributed by atoms with van der Waals surface area (Å²) < 4.78 is 22.3. The lowest BCUT2D eigenvalue weighted by molar-refractivity contribution is -0.219. The normalized spacial score (nSPS) is 41.5. The average Bonchev–Trinajstić information content (AvgIpc) is 2.68. The van der Waals surface area contributed by atoms with Crippen LogP contribution in [-0.2, 0) is 18.9 Å².